The molecule has 104 valence electrons. The minimum absolute atomic E-state index is 0.380. The first-order valence-electron chi connectivity index (χ1n) is 5.92. The van der Waals surface area contributed by atoms with Crippen LogP contribution in [0.3, 0.4) is 0 Å². The summed E-state index contributed by atoms with van der Waals surface area (Å²) in [6, 6.07) is -1.12. The van der Waals surface area contributed by atoms with Crippen molar-refractivity contribution in [3.8, 4) is 0 Å². The molecule has 1 aromatic heterocycles. The quantitative estimate of drug-likeness (QED) is 0.623. The maximum absolute atomic E-state index is 11.9. The highest BCUT2D eigenvalue weighted by Crippen LogP contribution is 2.12. The number of carbonyl (C=O) groups is 2. The fraction of sp³-hybridized carbons (Fsp3) is 0.545. The number of morpholine rings is 1. The van der Waals surface area contributed by atoms with Crippen LogP contribution in [0.4, 0.5) is 0 Å². The Balaban J connectivity index is 2.04. The number of carbonyl (C=O) groups excluding carboxylic acids is 1. The second-order valence-corrected chi connectivity index (χ2v) is 4.29. The zero-order chi connectivity index (χ0) is 13.8. The van der Waals surface area contributed by atoms with Crippen molar-refractivity contribution < 1.29 is 19.4 Å². The second kappa shape index (κ2) is 5.81. The minimum atomic E-state index is -1.13. The number of aryl methyl sites for hydroxylation is 1. The predicted molar refractivity (Wildman–Crippen MR) is 64.3 cm³/mol. The van der Waals surface area contributed by atoms with Gasteiger partial charge in [-0.15, -0.1) is 0 Å². The summed E-state index contributed by atoms with van der Waals surface area (Å²) in [6.45, 7) is 1.50. The molecule has 3 N–H and O–H groups in total. The van der Waals surface area contributed by atoms with Gasteiger partial charge in [0.2, 0.25) is 0 Å². The highest BCUT2D eigenvalue weighted by Gasteiger charge is 2.28. The SMILES string of the molecule is Cn1cc(C(NC(=O)C2CNCCO2)C(=O)O)cn1. The molecule has 8 heteroatoms. The fourth-order valence-electron chi connectivity index (χ4n) is 1.85. The summed E-state index contributed by atoms with van der Waals surface area (Å²) in [5.74, 6) is -1.58. The summed E-state index contributed by atoms with van der Waals surface area (Å²) < 4.78 is 6.76. The van der Waals surface area contributed by atoms with Crippen molar-refractivity contribution in [2.45, 2.75) is 12.1 Å². The normalized spacial score (nSPS) is 20.8. The van der Waals surface area contributed by atoms with Gasteiger partial charge < -0.3 is 20.5 Å². The average molecular weight is 268 g/mol. The van der Waals surface area contributed by atoms with Crippen LogP contribution in [-0.4, -0.2) is 52.6 Å². The van der Waals surface area contributed by atoms with Crippen LogP contribution in [0.2, 0.25) is 0 Å². The van der Waals surface area contributed by atoms with Crippen molar-refractivity contribution in [3.05, 3.63) is 18.0 Å². The van der Waals surface area contributed by atoms with Gasteiger partial charge in [0.15, 0.2) is 6.04 Å². The average Bonchev–Trinajstić information content (AvgIpc) is 2.82. The van der Waals surface area contributed by atoms with Gasteiger partial charge in [-0.2, -0.15) is 5.10 Å². The molecule has 1 aliphatic rings. The van der Waals surface area contributed by atoms with Gasteiger partial charge in [0.05, 0.1) is 12.8 Å². The van der Waals surface area contributed by atoms with Crippen LogP contribution in [0.5, 0.6) is 0 Å². The molecule has 8 nitrogen and oxygen atoms in total. The van der Waals surface area contributed by atoms with Crippen molar-refractivity contribution in [3.63, 3.8) is 0 Å². The molecule has 0 aromatic carbocycles. The van der Waals surface area contributed by atoms with Crippen LogP contribution in [-0.2, 0) is 21.4 Å². The van der Waals surface area contributed by atoms with Gasteiger partial charge in [-0.25, -0.2) is 4.79 Å². The number of amides is 1. The topological polar surface area (TPSA) is 105 Å². The summed E-state index contributed by atoms with van der Waals surface area (Å²) >= 11 is 0. The molecule has 1 aromatic rings. The van der Waals surface area contributed by atoms with Crippen molar-refractivity contribution >= 4 is 11.9 Å². The van der Waals surface area contributed by atoms with Crippen molar-refractivity contribution in [1.82, 2.24) is 20.4 Å². The van der Waals surface area contributed by atoms with E-state index in [0.717, 1.165) is 0 Å². The predicted octanol–water partition coefficient (Wildman–Crippen LogP) is -1.35. The van der Waals surface area contributed by atoms with Gasteiger partial charge in [0.25, 0.3) is 5.91 Å². The van der Waals surface area contributed by atoms with Gasteiger partial charge in [-0.05, 0) is 0 Å². The number of nitrogens with zero attached hydrogens (tertiary/aromatic N) is 2. The third kappa shape index (κ3) is 3.30. The van der Waals surface area contributed by atoms with Gasteiger partial charge in [-0.1, -0.05) is 0 Å². The number of aromatic nitrogens is 2. The van der Waals surface area contributed by atoms with E-state index in [-0.39, 0.29) is 0 Å². The summed E-state index contributed by atoms with van der Waals surface area (Å²) in [5, 5.41) is 18.5. The molecule has 2 rings (SSSR count). The zero-order valence-electron chi connectivity index (χ0n) is 10.5. The van der Waals surface area contributed by atoms with Crippen molar-refractivity contribution in [2.24, 2.45) is 7.05 Å². The maximum atomic E-state index is 11.9. The molecular weight excluding hydrogens is 252 g/mol. The van der Waals surface area contributed by atoms with Crippen LogP contribution in [0, 0.1) is 0 Å². The lowest BCUT2D eigenvalue weighted by Crippen LogP contribution is -2.49. The minimum Gasteiger partial charge on any atom is -0.479 e. The Morgan fingerprint density at radius 2 is 2.47 bits per heavy atom. The van der Waals surface area contributed by atoms with E-state index in [1.54, 1.807) is 13.2 Å². The number of hydrogen-bond acceptors (Lipinski definition) is 5. The second-order valence-electron chi connectivity index (χ2n) is 4.29. The molecule has 2 atom stereocenters. The van der Waals surface area contributed by atoms with Crippen molar-refractivity contribution in [2.75, 3.05) is 19.7 Å². The van der Waals surface area contributed by atoms with E-state index in [9.17, 15) is 14.7 Å². The monoisotopic (exact) mass is 268 g/mol. The molecule has 1 amide bonds. The third-order valence-corrected chi connectivity index (χ3v) is 2.81. The standard InChI is InChI=1S/C11H16N4O4/c1-15-6-7(4-13-15)9(11(17)18)14-10(16)8-5-12-2-3-19-8/h4,6,8-9,12H,2-3,5H2,1H3,(H,14,16)(H,17,18). The van der Waals surface area contributed by atoms with E-state index in [4.69, 9.17) is 4.74 Å². The molecule has 2 unspecified atom stereocenters. The number of rotatable bonds is 4. The van der Waals surface area contributed by atoms with Crippen LogP contribution < -0.4 is 10.6 Å². The Bertz CT molecular complexity index is 467. The van der Waals surface area contributed by atoms with E-state index >= 15 is 0 Å². The van der Waals surface area contributed by atoms with E-state index in [1.807, 2.05) is 0 Å². The molecule has 2 heterocycles. The highest BCUT2D eigenvalue weighted by molar-refractivity contribution is 5.87. The van der Waals surface area contributed by atoms with Crippen LogP contribution in [0.15, 0.2) is 12.4 Å². The number of ether oxygens (including phenoxy) is 1. The molecule has 19 heavy (non-hydrogen) atoms. The lowest BCUT2D eigenvalue weighted by Gasteiger charge is -2.24. The largest absolute Gasteiger partial charge is 0.479 e. The van der Waals surface area contributed by atoms with E-state index in [0.29, 0.717) is 25.3 Å². The molecule has 1 fully saturated rings. The maximum Gasteiger partial charge on any atom is 0.331 e. The lowest BCUT2D eigenvalue weighted by atomic mass is 10.1. The Labute approximate surface area is 109 Å². The highest BCUT2D eigenvalue weighted by atomic mass is 16.5. The van der Waals surface area contributed by atoms with Crippen LogP contribution >= 0.6 is 0 Å². The molecule has 0 radical (unpaired) electrons. The Morgan fingerprint density at radius 3 is 3.00 bits per heavy atom. The number of carboxylic acids is 1. The summed E-state index contributed by atoms with van der Waals surface area (Å²) in [5.41, 5.74) is 0.423. The molecule has 0 saturated carbocycles. The first-order valence-corrected chi connectivity index (χ1v) is 5.92. The summed E-state index contributed by atoms with van der Waals surface area (Å²) in [7, 11) is 1.68. The lowest BCUT2D eigenvalue weighted by molar-refractivity contribution is -0.145. The zero-order valence-corrected chi connectivity index (χ0v) is 10.5. The number of aliphatic carboxylic acids is 1. The molecular formula is C11H16N4O4. The van der Waals surface area contributed by atoms with Crippen molar-refractivity contribution in [1.29, 1.82) is 0 Å². The number of carboxylic acid groups (broad SMARTS) is 1. The Morgan fingerprint density at radius 1 is 1.68 bits per heavy atom. The van der Waals surface area contributed by atoms with E-state index in [2.05, 4.69) is 15.7 Å². The van der Waals surface area contributed by atoms with Crippen LogP contribution in [0.1, 0.15) is 11.6 Å². The van der Waals surface area contributed by atoms with Gasteiger partial charge in [0.1, 0.15) is 6.10 Å². The third-order valence-electron chi connectivity index (χ3n) is 2.81. The Kier molecular flexibility index (Phi) is 4.13. The molecule has 0 aliphatic carbocycles. The first-order chi connectivity index (χ1) is 9.08. The number of nitrogens with one attached hydrogen (secondary N) is 2. The number of hydrogen-bond donors (Lipinski definition) is 3. The summed E-state index contributed by atoms with van der Waals surface area (Å²) in [6.07, 6.45) is 2.31. The van der Waals surface area contributed by atoms with E-state index < -0.39 is 24.0 Å². The van der Waals surface area contributed by atoms with Gasteiger partial charge >= 0.3 is 5.97 Å². The molecule has 0 spiro atoms. The smallest absolute Gasteiger partial charge is 0.331 e. The van der Waals surface area contributed by atoms with Crippen LogP contribution in [0.25, 0.3) is 0 Å². The van der Waals surface area contributed by atoms with Gasteiger partial charge in [-0.3, -0.25) is 9.48 Å². The summed E-state index contributed by atoms with van der Waals surface area (Å²) in [4.78, 5) is 23.1. The van der Waals surface area contributed by atoms with Gasteiger partial charge in [0, 0.05) is 31.9 Å². The van der Waals surface area contributed by atoms with E-state index in [1.165, 1.54) is 10.9 Å². The first kappa shape index (κ1) is 13.5. The fourth-order valence-corrected chi connectivity index (χ4v) is 1.85. The molecule has 1 saturated heterocycles. The molecule has 0 bridgehead atoms. The molecule has 1 aliphatic heterocycles. The Hall–Kier alpha value is -1.93.